The van der Waals surface area contributed by atoms with Gasteiger partial charge >= 0.3 is 5.69 Å². The van der Waals surface area contributed by atoms with E-state index in [1.807, 2.05) is 6.07 Å². The summed E-state index contributed by atoms with van der Waals surface area (Å²) in [6, 6.07) is 11.9. The maximum absolute atomic E-state index is 13.9. The number of rotatable bonds is 6. The van der Waals surface area contributed by atoms with Crippen molar-refractivity contribution < 1.29 is 18.9 Å². The normalized spacial score (nSPS) is 11.1. The maximum Gasteiger partial charge on any atom is 0.343 e. The Morgan fingerprint density at radius 1 is 0.857 bits per heavy atom. The van der Waals surface area contributed by atoms with Gasteiger partial charge in [-0.25, -0.2) is 23.9 Å². The van der Waals surface area contributed by atoms with Crippen molar-refractivity contribution in [3.05, 3.63) is 69.5 Å². The number of methoxy groups -OCH3 is 4. The fraction of sp³-hybridized carbons (Fsp3) is 0.167. The molecule has 0 atom stereocenters. The van der Waals surface area contributed by atoms with Crippen LogP contribution in [0.15, 0.2) is 58.3 Å². The maximum atomic E-state index is 13.9. The van der Waals surface area contributed by atoms with E-state index >= 15 is 0 Å². The van der Waals surface area contributed by atoms with Gasteiger partial charge in [0.2, 0.25) is 10.9 Å². The van der Waals surface area contributed by atoms with Crippen molar-refractivity contribution in [2.75, 3.05) is 28.4 Å². The van der Waals surface area contributed by atoms with E-state index in [4.69, 9.17) is 18.9 Å². The fourth-order valence-electron chi connectivity index (χ4n) is 3.85. The molecular formula is C24H20N4O6S. The van der Waals surface area contributed by atoms with E-state index in [1.54, 1.807) is 43.5 Å². The van der Waals surface area contributed by atoms with Crippen molar-refractivity contribution in [1.82, 2.24) is 19.1 Å². The van der Waals surface area contributed by atoms with Gasteiger partial charge < -0.3 is 18.9 Å². The van der Waals surface area contributed by atoms with E-state index in [0.29, 0.717) is 34.2 Å². The highest BCUT2D eigenvalue weighted by Gasteiger charge is 2.22. The minimum absolute atomic E-state index is 0.191. The van der Waals surface area contributed by atoms with E-state index in [0.717, 1.165) is 9.27 Å². The van der Waals surface area contributed by atoms with E-state index in [1.165, 1.54) is 43.4 Å². The van der Waals surface area contributed by atoms with Gasteiger partial charge in [0.25, 0.3) is 5.56 Å². The van der Waals surface area contributed by atoms with Crippen LogP contribution in [0.1, 0.15) is 0 Å². The minimum atomic E-state index is -0.638. The molecule has 5 aromatic rings. The molecule has 0 aliphatic rings. The lowest BCUT2D eigenvalue weighted by Gasteiger charge is -2.16. The van der Waals surface area contributed by atoms with Crippen molar-refractivity contribution >= 4 is 32.6 Å². The summed E-state index contributed by atoms with van der Waals surface area (Å²) in [7, 11) is 6.03. The van der Waals surface area contributed by atoms with Gasteiger partial charge in [-0.2, -0.15) is 0 Å². The van der Waals surface area contributed by atoms with Gasteiger partial charge in [0.1, 0.15) is 5.75 Å². The minimum Gasteiger partial charge on any atom is -0.497 e. The summed E-state index contributed by atoms with van der Waals surface area (Å²) in [6.45, 7) is 0. The van der Waals surface area contributed by atoms with Gasteiger partial charge in [0.15, 0.2) is 17.1 Å². The molecule has 0 spiro atoms. The lowest BCUT2D eigenvalue weighted by molar-refractivity contribution is 0.324. The van der Waals surface area contributed by atoms with Crippen LogP contribution < -0.4 is 30.2 Å². The molecule has 0 amide bonds. The Morgan fingerprint density at radius 2 is 1.60 bits per heavy atom. The van der Waals surface area contributed by atoms with Crippen molar-refractivity contribution in [3.8, 4) is 33.8 Å². The molecule has 0 unspecified atom stereocenters. The van der Waals surface area contributed by atoms with Crippen LogP contribution in [-0.4, -0.2) is 47.5 Å². The van der Waals surface area contributed by atoms with E-state index in [9.17, 15) is 9.59 Å². The molecule has 0 bridgehead atoms. The molecule has 178 valence electrons. The first kappa shape index (κ1) is 22.4. The van der Waals surface area contributed by atoms with E-state index in [-0.39, 0.29) is 16.2 Å². The Kier molecular flexibility index (Phi) is 5.61. The van der Waals surface area contributed by atoms with Crippen LogP contribution in [0, 0.1) is 0 Å². The molecule has 3 aromatic heterocycles. The number of thiazole rings is 1. The lowest BCUT2D eigenvalue weighted by Crippen LogP contribution is -2.38. The topological polar surface area (TPSA) is 107 Å². The summed E-state index contributed by atoms with van der Waals surface area (Å²) in [5.74, 6) is 1.72. The lowest BCUT2D eigenvalue weighted by atomic mass is 10.2. The Balaban J connectivity index is 1.86. The van der Waals surface area contributed by atoms with Crippen LogP contribution >= 0.6 is 11.3 Å². The van der Waals surface area contributed by atoms with E-state index in [2.05, 4.69) is 9.97 Å². The third-order valence-electron chi connectivity index (χ3n) is 5.50. The Labute approximate surface area is 202 Å². The molecule has 0 saturated carbocycles. The number of fused-ring (bicyclic) bond motifs is 2. The molecule has 2 aromatic carbocycles. The molecule has 0 aliphatic carbocycles. The van der Waals surface area contributed by atoms with Gasteiger partial charge in [-0.15, -0.1) is 0 Å². The van der Waals surface area contributed by atoms with Crippen LogP contribution in [0.5, 0.6) is 23.0 Å². The van der Waals surface area contributed by atoms with Crippen LogP contribution in [0.4, 0.5) is 0 Å². The average molecular weight is 493 g/mol. The number of benzene rings is 2. The van der Waals surface area contributed by atoms with Crippen molar-refractivity contribution in [1.29, 1.82) is 0 Å². The number of pyridine rings is 1. The molecule has 35 heavy (non-hydrogen) atoms. The smallest absolute Gasteiger partial charge is 0.343 e. The summed E-state index contributed by atoms with van der Waals surface area (Å²) in [6.07, 6.45) is 1.52. The number of ether oxygens (including phenoxy) is 4. The standard InChI is InChI=1S/C24H20N4O6S/c1-31-14-7-8-16-19(12-14)35-23(26-16)28-22(29)15-6-5-9-25-21(15)27(24(28)30)13-10-17(32-2)20(34-4)18(11-13)33-3/h5-12H,1-4H3. The number of hydrogen-bond acceptors (Lipinski definition) is 9. The van der Waals surface area contributed by atoms with Gasteiger partial charge in [0.05, 0.1) is 49.7 Å². The first-order valence-electron chi connectivity index (χ1n) is 10.4. The quantitative estimate of drug-likeness (QED) is 0.356. The summed E-state index contributed by atoms with van der Waals surface area (Å²) in [5, 5.41) is 0.480. The second kappa shape index (κ2) is 8.76. The zero-order chi connectivity index (χ0) is 24.7. The fourth-order valence-corrected chi connectivity index (χ4v) is 4.84. The van der Waals surface area contributed by atoms with Crippen LogP contribution in [0.3, 0.4) is 0 Å². The molecule has 10 nitrogen and oxygen atoms in total. The van der Waals surface area contributed by atoms with E-state index < -0.39 is 11.2 Å². The second-order valence-electron chi connectivity index (χ2n) is 7.35. The molecule has 5 rings (SSSR count). The highest BCUT2D eigenvalue weighted by Crippen LogP contribution is 2.39. The first-order valence-corrected chi connectivity index (χ1v) is 11.2. The van der Waals surface area contributed by atoms with Gasteiger partial charge in [-0.3, -0.25) is 4.79 Å². The van der Waals surface area contributed by atoms with Gasteiger partial charge in [-0.1, -0.05) is 11.3 Å². The molecule has 0 saturated heterocycles. The predicted octanol–water partition coefficient (Wildman–Crippen LogP) is 3.18. The largest absolute Gasteiger partial charge is 0.497 e. The Bertz CT molecular complexity index is 1680. The third-order valence-corrected chi connectivity index (χ3v) is 6.50. The molecule has 0 fully saturated rings. The third kappa shape index (κ3) is 3.56. The summed E-state index contributed by atoms with van der Waals surface area (Å²) in [4.78, 5) is 36.2. The van der Waals surface area contributed by atoms with Crippen LogP contribution in [0.2, 0.25) is 0 Å². The molecule has 11 heteroatoms. The monoisotopic (exact) mass is 492 g/mol. The van der Waals surface area contributed by atoms with Gasteiger partial charge in [0, 0.05) is 18.3 Å². The summed E-state index contributed by atoms with van der Waals surface area (Å²) >= 11 is 1.21. The number of aromatic nitrogens is 4. The van der Waals surface area contributed by atoms with Gasteiger partial charge in [-0.05, 0) is 30.3 Å². The van der Waals surface area contributed by atoms with Crippen molar-refractivity contribution in [3.63, 3.8) is 0 Å². The van der Waals surface area contributed by atoms with Crippen LogP contribution in [-0.2, 0) is 0 Å². The SMILES string of the molecule is COc1ccc2nc(-n3c(=O)c4cccnc4n(-c4cc(OC)c(OC)c(OC)c4)c3=O)sc2c1. The highest BCUT2D eigenvalue weighted by molar-refractivity contribution is 7.20. The average Bonchev–Trinajstić information content (AvgIpc) is 3.30. The molecule has 0 radical (unpaired) electrons. The first-order chi connectivity index (χ1) is 17.0. The molecule has 3 heterocycles. The number of hydrogen-bond donors (Lipinski definition) is 0. The summed E-state index contributed by atoms with van der Waals surface area (Å²) in [5.41, 5.74) is 0.0533. The Hall–Kier alpha value is -4.38. The van der Waals surface area contributed by atoms with Crippen molar-refractivity contribution in [2.24, 2.45) is 0 Å². The second-order valence-corrected chi connectivity index (χ2v) is 8.36. The predicted molar refractivity (Wildman–Crippen MR) is 132 cm³/mol. The van der Waals surface area contributed by atoms with Crippen LogP contribution in [0.25, 0.3) is 32.1 Å². The summed E-state index contributed by atoms with van der Waals surface area (Å²) < 4.78 is 24.8. The zero-order valence-electron chi connectivity index (χ0n) is 19.3. The zero-order valence-corrected chi connectivity index (χ0v) is 20.1. The Morgan fingerprint density at radius 3 is 2.26 bits per heavy atom. The molecule has 0 aliphatic heterocycles. The molecular weight excluding hydrogens is 472 g/mol. The van der Waals surface area contributed by atoms with Crippen molar-refractivity contribution in [2.45, 2.75) is 0 Å². The molecule has 0 N–H and O–H groups in total. The highest BCUT2D eigenvalue weighted by atomic mass is 32.1. The number of nitrogens with zero attached hydrogens (tertiary/aromatic N) is 4.